The van der Waals surface area contributed by atoms with Crippen LogP contribution in [0.25, 0.3) is 0 Å². The van der Waals surface area contributed by atoms with E-state index in [4.69, 9.17) is 4.74 Å². The molecule has 3 nitrogen and oxygen atoms in total. The highest BCUT2D eigenvalue weighted by molar-refractivity contribution is 5.39. The van der Waals surface area contributed by atoms with Crippen molar-refractivity contribution in [1.29, 1.82) is 0 Å². The van der Waals surface area contributed by atoms with Gasteiger partial charge in [-0.1, -0.05) is 26.8 Å². The Bertz CT molecular complexity index is 369. The molecule has 0 aliphatic rings. The van der Waals surface area contributed by atoms with E-state index in [0.717, 1.165) is 5.56 Å². The van der Waals surface area contributed by atoms with Crippen molar-refractivity contribution in [2.75, 3.05) is 7.11 Å². The first kappa shape index (κ1) is 13.8. The number of rotatable bonds is 4. The van der Waals surface area contributed by atoms with Gasteiger partial charge in [-0.25, -0.2) is 0 Å². The number of phenols is 1. The molecule has 1 aromatic rings. The van der Waals surface area contributed by atoms with E-state index in [1.54, 1.807) is 13.2 Å². The summed E-state index contributed by atoms with van der Waals surface area (Å²) in [5.41, 5.74) is 1.10. The summed E-state index contributed by atoms with van der Waals surface area (Å²) in [6.07, 6.45) is 0. The third-order valence-electron chi connectivity index (χ3n) is 3.19. The summed E-state index contributed by atoms with van der Waals surface area (Å²) >= 11 is 0. The van der Waals surface area contributed by atoms with Crippen LogP contribution in [0.5, 0.6) is 11.5 Å². The van der Waals surface area contributed by atoms with Gasteiger partial charge in [0.1, 0.15) is 11.5 Å². The Kier molecular flexibility index (Phi) is 4.40. The van der Waals surface area contributed by atoms with Crippen molar-refractivity contribution >= 4 is 0 Å². The number of aromatic hydroxyl groups is 1. The Morgan fingerprint density at radius 2 is 2.00 bits per heavy atom. The van der Waals surface area contributed by atoms with Gasteiger partial charge in [0.05, 0.1) is 7.11 Å². The van der Waals surface area contributed by atoms with Gasteiger partial charge in [-0.15, -0.1) is 0 Å². The van der Waals surface area contributed by atoms with Gasteiger partial charge in [0.15, 0.2) is 0 Å². The molecule has 1 aromatic carbocycles. The van der Waals surface area contributed by atoms with Crippen LogP contribution in [0.4, 0.5) is 0 Å². The molecule has 0 fully saturated rings. The van der Waals surface area contributed by atoms with Crippen LogP contribution in [-0.2, 0) is 6.54 Å². The summed E-state index contributed by atoms with van der Waals surface area (Å²) in [7, 11) is 1.59. The zero-order valence-electron chi connectivity index (χ0n) is 11.4. The maximum atomic E-state index is 9.82. The number of hydrogen-bond acceptors (Lipinski definition) is 3. The van der Waals surface area contributed by atoms with Crippen LogP contribution < -0.4 is 10.1 Å². The molecule has 0 saturated heterocycles. The molecule has 0 bridgehead atoms. The average molecular weight is 237 g/mol. The van der Waals surface area contributed by atoms with Crippen LogP contribution >= 0.6 is 0 Å². The molecule has 1 unspecified atom stereocenters. The molecule has 1 rings (SSSR count). The maximum absolute atomic E-state index is 9.82. The van der Waals surface area contributed by atoms with E-state index in [9.17, 15) is 5.11 Å². The second kappa shape index (κ2) is 5.41. The Hall–Kier alpha value is -1.22. The lowest BCUT2D eigenvalue weighted by molar-refractivity contribution is 0.284. The Balaban J connectivity index is 2.64. The minimum atomic E-state index is 0.210. The number of methoxy groups -OCH3 is 1. The fourth-order valence-electron chi connectivity index (χ4n) is 1.39. The quantitative estimate of drug-likeness (QED) is 0.846. The normalized spacial score (nSPS) is 13.5. The molecule has 0 aliphatic carbocycles. The molecule has 2 N–H and O–H groups in total. The molecule has 0 aliphatic heterocycles. The number of hydrogen-bond donors (Lipinski definition) is 2. The summed E-state index contributed by atoms with van der Waals surface area (Å²) in [4.78, 5) is 0. The van der Waals surface area contributed by atoms with Gasteiger partial charge in [0.25, 0.3) is 0 Å². The zero-order valence-corrected chi connectivity index (χ0v) is 11.4. The molecular weight excluding hydrogens is 214 g/mol. The predicted octanol–water partition coefficient (Wildman–Crippen LogP) is 2.93. The van der Waals surface area contributed by atoms with E-state index >= 15 is 0 Å². The molecule has 0 heterocycles. The van der Waals surface area contributed by atoms with Crippen molar-refractivity contribution in [3.8, 4) is 11.5 Å². The number of ether oxygens (including phenoxy) is 1. The lowest BCUT2D eigenvalue weighted by Gasteiger charge is -2.28. The minimum absolute atomic E-state index is 0.210. The van der Waals surface area contributed by atoms with Crippen LogP contribution in [0.2, 0.25) is 0 Å². The van der Waals surface area contributed by atoms with Crippen molar-refractivity contribution in [2.45, 2.75) is 40.3 Å². The standard InChI is InChI=1S/C14H23NO2/c1-10(14(2,3)4)15-9-11-6-7-12(17-5)8-13(11)16/h6-8,10,15-16H,9H2,1-5H3. The fraction of sp³-hybridized carbons (Fsp3) is 0.571. The summed E-state index contributed by atoms with van der Waals surface area (Å²) in [6.45, 7) is 9.39. The van der Waals surface area contributed by atoms with E-state index < -0.39 is 0 Å². The molecule has 96 valence electrons. The predicted molar refractivity (Wildman–Crippen MR) is 70.4 cm³/mol. The Morgan fingerprint density at radius 1 is 1.35 bits per heavy atom. The van der Waals surface area contributed by atoms with Gasteiger partial charge in [-0.3, -0.25) is 0 Å². The maximum Gasteiger partial charge on any atom is 0.123 e. The van der Waals surface area contributed by atoms with Gasteiger partial charge in [-0.2, -0.15) is 0 Å². The van der Waals surface area contributed by atoms with E-state index in [2.05, 4.69) is 33.0 Å². The van der Waals surface area contributed by atoms with Gasteiger partial charge in [-0.05, 0) is 18.4 Å². The first-order valence-corrected chi connectivity index (χ1v) is 5.94. The molecule has 0 spiro atoms. The topological polar surface area (TPSA) is 41.5 Å². The summed E-state index contributed by atoms with van der Waals surface area (Å²) in [5, 5.41) is 13.2. The molecule has 3 heteroatoms. The molecular formula is C14H23NO2. The van der Waals surface area contributed by atoms with Crippen LogP contribution in [0.1, 0.15) is 33.3 Å². The lowest BCUT2D eigenvalue weighted by Crippen LogP contribution is -2.37. The van der Waals surface area contributed by atoms with Gasteiger partial charge in [0.2, 0.25) is 0 Å². The van der Waals surface area contributed by atoms with E-state index in [1.165, 1.54) is 0 Å². The van der Waals surface area contributed by atoms with Crippen molar-refractivity contribution in [1.82, 2.24) is 5.32 Å². The van der Waals surface area contributed by atoms with E-state index in [-0.39, 0.29) is 11.2 Å². The van der Waals surface area contributed by atoms with Crippen LogP contribution in [0.3, 0.4) is 0 Å². The van der Waals surface area contributed by atoms with E-state index in [0.29, 0.717) is 18.3 Å². The van der Waals surface area contributed by atoms with Crippen LogP contribution in [0, 0.1) is 5.41 Å². The fourth-order valence-corrected chi connectivity index (χ4v) is 1.39. The van der Waals surface area contributed by atoms with Crippen molar-refractivity contribution in [3.05, 3.63) is 23.8 Å². The molecule has 0 aromatic heterocycles. The summed E-state index contributed by atoms with van der Waals surface area (Å²) in [5.74, 6) is 0.952. The third kappa shape index (κ3) is 3.93. The summed E-state index contributed by atoms with van der Waals surface area (Å²) in [6, 6.07) is 5.76. The van der Waals surface area contributed by atoms with Gasteiger partial charge < -0.3 is 15.2 Å². The van der Waals surface area contributed by atoms with Crippen molar-refractivity contribution < 1.29 is 9.84 Å². The SMILES string of the molecule is COc1ccc(CNC(C)C(C)(C)C)c(O)c1. The first-order chi connectivity index (χ1) is 7.84. The van der Waals surface area contributed by atoms with Crippen LogP contribution in [-0.4, -0.2) is 18.3 Å². The van der Waals surface area contributed by atoms with Gasteiger partial charge >= 0.3 is 0 Å². The average Bonchev–Trinajstić information content (AvgIpc) is 2.25. The summed E-state index contributed by atoms with van der Waals surface area (Å²) < 4.78 is 5.05. The van der Waals surface area contributed by atoms with E-state index in [1.807, 2.05) is 12.1 Å². The Labute approximate surface area is 104 Å². The van der Waals surface area contributed by atoms with Crippen molar-refractivity contribution in [2.24, 2.45) is 5.41 Å². The number of benzene rings is 1. The minimum Gasteiger partial charge on any atom is -0.507 e. The smallest absolute Gasteiger partial charge is 0.123 e. The molecule has 0 radical (unpaired) electrons. The first-order valence-electron chi connectivity index (χ1n) is 5.94. The molecule has 0 amide bonds. The highest BCUT2D eigenvalue weighted by Crippen LogP contribution is 2.24. The molecule has 17 heavy (non-hydrogen) atoms. The molecule has 0 saturated carbocycles. The monoisotopic (exact) mass is 237 g/mol. The van der Waals surface area contributed by atoms with Crippen LogP contribution in [0.15, 0.2) is 18.2 Å². The largest absolute Gasteiger partial charge is 0.507 e. The number of phenolic OH excluding ortho intramolecular Hbond substituents is 1. The number of nitrogens with one attached hydrogen (secondary N) is 1. The highest BCUT2D eigenvalue weighted by Gasteiger charge is 2.19. The highest BCUT2D eigenvalue weighted by atomic mass is 16.5. The lowest BCUT2D eigenvalue weighted by atomic mass is 9.88. The third-order valence-corrected chi connectivity index (χ3v) is 3.19. The van der Waals surface area contributed by atoms with Crippen molar-refractivity contribution in [3.63, 3.8) is 0 Å². The second-order valence-corrected chi connectivity index (χ2v) is 5.46. The Morgan fingerprint density at radius 3 is 2.47 bits per heavy atom. The molecule has 1 atom stereocenters. The second-order valence-electron chi connectivity index (χ2n) is 5.46. The zero-order chi connectivity index (χ0) is 13.1. The van der Waals surface area contributed by atoms with Gasteiger partial charge in [0, 0.05) is 24.2 Å².